The molecule has 0 saturated carbocycles. The lowest BCUT2D eigenvalue weighted by atomic mass is 9.73. The fourth-order valence-electron chi connectivity index (χ4n) is 4.46. The Kier molecular flexibility index (Phi) is 3.57. The average molecular weight is 310 g/mol. The fourth-order valence-corrected chi connectivity index (χ4v) is 4.46. The predicted octanol–water partition coefficient (Wildman–Crippen LogP) is 2.83. The first-order valence-corrected chi connectivity index (χ1v) is 8.57. The topological polar surface area (TPSA) is 53.2 Å². The molecule has 23 heavy (non-hydrogen) atoms. The van der Waals surface area contributed by atoms with Crippen LogP contribution in [0.4, 0.5) is 0 Å². The molecule has 4 heterocycles. The van der Waals surface area contributed by atoms with Gasteiger partial charge in [-0.25, -0.2) is 0 Å². The Balaban J connectivity index is 1.72. The van der Waals surface area contributed by atoms with E-state index in [0.717, 1.165) is 36.3 Å². The molecule has 0 radical (unpaired) electrons. The maximum Gasteiger partial charge on any atom is 0.249 e. The van der Waals surface area contributed by atoms with Crippen LogP contribution in [0.1, 0.15) is 36.5 Å². The van der Waals surface area contributed by atoms with E-state index in [4.69, 9.17) is 0 Å². The number of rotatable bonds is 3. The SMILES string of the molecule is CC[C@H]1CN2CC[C@H]1C[C@@H]2C(=O)c1cc(=O)[nH]c2ccccc12. The van der Waals surface area contributed by atoms with E-state index in [2.05, 4.69) is 16.8 Å². The van der Waals surface area contributed by atoms with Crippen LogP contribution in [-0.2, 0) is 0 Å². The number of fused-ring (bicyclic) bond motifs is 4. The summed E-state index contributed by atoms with van der Waals surface area (Å²) in [5, 5.41) is 0.854. The van der Waals surface area contributed by atoms with Gasteiger partial charge in [0.2, 0.25) is 5.56 Å². The van der Waals surface area contributed by atoms with Gasteiger partial charge >= 0.3 is 0 Å². The second-order valence-electron chi connectivity index (χ2n) is 6.92. The van der Waals surface area contributed by atoms with Crippen LogP contribution in [0.2, 0.25) is 0 Å². The molecule has 4 heteroatoms. The van der Waals surface area contributed by atoms with Gasteiger partial charge in [0.15, 0.2) is 5.78 Å². The first-order chi connectivity index (χ1) is 11.2. The van der Waals surface area contributed by atoms with E-state index in [-0.39, 0.29) is 17.4 Å². The zero-order valence-electron chi connectivity index (χ0n) is 13.4. The average Bonchev–Trinajstić information content (AvgIpc) is 2.60. The summed E-state index contributed by atoms with van der Waals surface area (Å²) in [4.78, 5) is 30.2. The largest absolute Gasteiger partial charge is 0.322 e. The van der Waals surface area contributed by atoms with Crippen LogP contribution in [0, 0.1) is 11.8 Å². The van der Waals surface area contributed by atoms with Crippen molar-refractivity contribution in [2.24, 2.45) is 11.8 Å². The number of aromatic nitrogens is 1. The number of hydrogen-bond acceptors (Lipinski definition) is 3. The molecule has 0 spiro atoms. The third-order valence-electron chi connectivity index (χ3n) is 5.73. The number of pyridine rings is 1. The molecule has 1 aromatic heterocycles. The van der Waals surface area contributed by atoms with Gasteiger partial charge in [-0.05, 0) is 37.3 Å². The Morgan fingerprint density at radius 2 is 2.17 bits per heavy atom. The molecule has 3 saturated heterocycles. The van der Waals surface area contributed by atoms with E-state index in [1.165, 1.54) is 18.9 Å². The number of ketones is 1. The molecule has 3 fully saturated rings. The highest BCUT2D eigenvalue weighted by Crippen LogP contribution is 2.39. The molecule has 2 aromatic rings. The fraction of sp³-hybridized carbons (Fsp3) is 0.474. The van der Waals surface area contributed by atoms with Crippen LogP contribution in [0.5, 0.6) is 0 Å². The molecule has 0 aliphatic carbocycles. The normalized spacial score (nSPS) is 29.8. The van der Waals surface area contributed by atoms with Crippen LogP contribution < -0.4 is 5.56 Å². The van der Waals surface area contributed by atoms with Crippen molar-refractivity contribution in [3.8, 4) is 0 Å². The highest BCUT2D eigenvalue weighted by Gasteiger charge is 2.42. The van der Waals surface area contributed by atoms with Crippen LogP contribution in [0.15, 0.2) is 35.1 Å². The Hall–Kier alpha value is -1.94. The maximum absolute atomic E-state index is 13.2. The summed E-state index contributed by atoms with van der Waals surface area (Å²) in [6.07, 6.45) is 3.34. The van der Waals surface area contributed by atoms with E-state index >= 15 is 0 Å². The molecule has 5 rings (SSSR count). The van der Waals surface area contributed by atoms with Crippen LogP contribution in [-0.4, -0.2) is 34.8 Å². The lowest BCUT2D eigenvalue weighted by Crippen LogP contribution is -2.56. The summed E-state index contributed by atoms with van der Waals surface area (Å²) in [7, 11) is 0. The molecule has 1 unspecified atom stereocenters. The first kappa shape index (κ1) is 14.6. The van der Waals surface area contributed by atoms with Gasteiger partial charge < -0.3 is 4.98 Å². The highest BCUT2D eigenvalue weighted by atomic mass is 16.1. The van der Waals surface area contributed by atoms with Gasteiger partial charge in [-0.3, -0.25) is 14.5 Å². The van der Waals surface area contributed by atoms with Crippen molar-refractivity contribution >= 4 is 16.7 Å². The Labute approximate surface area is 135 Å². The molecule has 2 bridgehead atoms. The van der Waals surface area contributed by atoms with Crippen molar-refractivity contribution in [2.75, 3.05) is 13.1 Å². The zero-order valence-corrected chi connectivity index (χ0v) is 13.4. The van der Waals surface area contributed by atoms with Gasteiger partial charge in [-0.15, -0.1) is 0 Å². The third-order valence-corrected chi connectivity index (χ3v) is 5.73. The number of benzene rings is 1. The molecule has 0 amide bonds. The van der Waals surface area contributed by atoms with Gasteiger partial charge in [-0.2, -0.15) is 0 Å². The van der Waals surface area contributed by atoms with Gasteiger partial charge in [0.05, 0.1) is 6.04 Å². The second-order valence-corrected chi connectivity index (χ2v) is 6.92. The van der Waals surface area contributed by atoms with Gasteiger partial charge in [-0.1, -0.05) is 31.5 Å². The summed E-state index contributed by atoms with van der Waals surface area (Å²) >= 11 is 0. The van der Waals surface area contributed by atoms with Crippen molar-refractivity contribution in [3.05, 3.63) is 46.2 Å². The van der Waals surface area contributed by atoms with Gasteiger partial charge in [0.1, 0.15) is 0 Å². The summed E-state index contributed by atoms with van der Waals surface area (Å²) in [6.45, 7) is 4.28. The highest BCUT2D eigenvalue weighted by molar-refractivity contribution is 6.09. The monoisotopic (exact) mass is 310 g/mol. The standard InChI is InChI=1S/C19H22N2O2/c1-2-12-11-21-8-7-13(12)9-17(21)19(23)15-10-18(22)20-16-6-4-3-5-14(15)16/h3-6,10,12-13,17H,2,7-9,11H2,1H3,(H,20,22)/t12-,13-,17+/m0/s1. The minimum Gasteiger partial charge on any atom is -0.322 e. The van der Waals surface area contributed by atoms with Crippen molar-refractivity contribution in [1.82, 2.24) is 9.88 Å². The number of carbonyl (C=O) groups is 1. The summed E-state index contributed by atoms with van der Waals surface area (Å²) in [5.41, 5.74) is 1.12. The van der Waals surface area contributed by atoms with E-state index in [9.17, 15) is 9.59 Å². The molecule has 120 valence electrons. The minimum absolute atomic E-state index is 0.0539. The quantitative estimate of drug-likeness (QED) is 0.887. The molecular formula is C19H22N2O2. The zero-order chi connectivity index (χ0) is 16.0. The number of nitrogens with zero attached hydrogens (tertiary/aromatic N) is 1. The number of Topliss-reactive ketones (excluding diaryl/α,β-unsaturated/α-hetero) is 1. The van der Waals surface area contributed by atoms with E-state index in [1.54, 1.807) is 0 Å². The van der Waals surface area contributed by atoms with Gasteiger partial charge in [0.25, 0.3) is 0 Å². The molecule has 4 atom stereocenters. The van der Waals surface area contributed by atoms with Gasteiger partial charge in [0, 0.05) is 29.1 Å². The number of para-hydroxylation sites is 1. The van der Waals surface area contributed by atoms with Crippen LogP contribution in [0.3, 0.4) is 0 Å². The number of aromatic amines is 1. The number of piperidine rings is 3. The lowest BCUT2D eigenvalue weighted by molar-refractivity contribution is 0.00515. The molecule has 3 aliphatic rings. The predicted molar refractivity (Wildman–Crippen MR) is 90.8 cm³/mol. The maximum atomic E-state index is 13.2. The van der Waals surface area contributed by atoms with E-state index in [0.29, 0.717) is 11.5 Å². The molecule has 1 N–H and O–H groups in total. The molecule has 4 nitrogen and oxygen atoms in total. The summed E-state index contributed by atoms with van der Waals surface area (Å²) in [6, 6.07) is 8.99. The van der Waals surface area contributed by atoms with Crippen molar-refractivity contribution in [2.45, 2.75) is 32.2 Å². The van der Waals surface area contributed by atoms with Crippen molar-refractivity contribution < 1.29 is 4.79 Å². The Bertz CT molecular complexity index is 810. The molecular weight excluding hydrogens is 288 g/mol. The van der Waals surface area contributed by atoms with Crippen molar-refractivity contribution in [3.63, 3.8) is 0 Å². The summed E-state index contributed by atoms with van der Waals surface area (Å²) < 4.78 is 0. The van der Waals surface area contributed by atoms with Crippen molar-refractivity contribution in [1.29, 1.82) is 0 Å². The number of nitrogens with one attached hydrogen (secondary N) is 1. The summed E-state index contributed by atoms with van der Waals surface area (Å²) in [5.74, 6) is 1.50. The number of hydrogen-bond donors (Lipinski definition) is 1. The lowest BCUT2D eigenvalue weighted by Gasteiger charge is -2.49. The smallest absolute Gasteiger partial charge is 0.249 e. The second kappa shape index (κ2) is 5.60. The molecule has 1 aromatic carbocycles. The van der Waals surface area contributed by atoms with Crippen LogP contribution >= 0.6 is 0 Å². The Morgan fingerprint density at radius 1 is 1.35 bits per heavy atom. The van der Waals surface area contributed by atoms with Crippen LogP contribution in [0.25, 0.3) is 10.9 Å². The number of H-pyrrole nitrogens is 1. The van der Waals surface area contributed by atoms with E-state index < -0.39 is 0 Å². The Morgan fingerprint density at radius 3 is 2.91 bits per heavy atom. The minimum atomic E-state index is -0.200. The third kappa shape index (κ3) is 2.41. The first-order valence-electron chi connectivity index (χ1n) is 8.57. The van der Waals surface area contributed by atoms with E-state index in [1.807, 2.05) is 24.3 Å². The molecule has 3 aliphatic heterocycles. The number of carbonyl (C=O) groups excluding carboxylic acids is 1.